The van der Waals surface area contributed by atoms with Crippen LogP contribution in [-0.4, -0.2) is 35.1 Å². The molecule has 4 aromatic rings. The second-order valence-electron chi connectivity index (χ2n) is 9.78. The van der Waals surface area contributed by atoms with Gasteiger partial charge < -0.3 is 4.74 Å². The van der Waals surface area contributed by atoms with Crippen LogP contribution in [0.1, 0.15) is 43.4 Å². The Balaban J connectivity index is 1.69. The van der Waals surface area contributed by atoms with Gasteiger partial charge in [-0.3, -0.25) is 14.9 Å². The first-order valence-corrected chi connectivity index (χ1v) is 13.8. The highest BCUT2D eigenvalue weighted by molar-refractivity contribution is 7.90. The van der Waals surface area contributed by atoms with Gasteiger partial charge in [-0.2, -0.15) is 8.75 Å². The predicted molar refractivity (Wildman–Crippen MR) is 144 cm³/mol. The molecule has 0 aliphatic heterocycles. The number of nitro benzene ring substituents is 1. The van der Waals surface area contributed by atoms with E-state index in [1.165, 1.54) is 31.4 Å². The maximum atomic E-state index is 13.5. The van der Waals surface area contributed by atoms with E-state index in [1.54, 1.807) is 36.4 Å². The molecule has 10 nitrogen and oxygen atoms in total. The summed E-state index contributed by atoms with van der Waals surface area (Å²) >= 11 is 1.02. The molecule has 0 saturated heterocycles. The fraction of sp³-hybridized carbons (Fsp3) is 0.269. The minimum Gasteiger partial charge on any atom is -0.490 e. The van der Waals surface area contributed by atoms with Gasteiger partial charge in [0.2, 0.25) is 5.91 Å². The minimum atomic E-state index is -4.18. The topological polar surface area (TPSA) is 141 Å². The zero-order valence-corrected chi connectivity index (χ0v) is 22.8. The van der Waals surface area contributed by atoms with Crippen LogP contribution in [0.15, 0.2) is 65.6 Å². The summed E-state index contributed by atoms with van der Waals surface area (Å²) in [5.74, 6) is -1.68. The van der Waals surface area contributed by atoms with Gasteiger partial charge in [-0.1, -0.05) is 45.0 Å². The SMILES string of the molecule is COc1ccc(CC(C(=O)NS(=O)(=O)c2ccc(C(C)(C)C)cc2)c2ccc3nsnc3c2)cc1[N+](=O)[O-]. The number of fused-ring (bicyclic) bond motifs is 1. The number of methoxy groups -OCH3 is 1. The number of amides is 1. The number of nitro groups is 1. The number of sulfonamides is 1. The van der Waals surface area contributed by atoms with E-state index in [-0.39, 0.29) is 28.2 Å². The van der Waals surface area contributed by atoms with E-state index in [9.17, 15) is 23.3 Å². The van der Waals surface area contributed by atoms with Crippen molar-refractivity contribution in [2.45, 2.75) is 43.4 Å². The molecule has 1 heterocycles. The summed E-state index contributed by atoms with van der Waals surface area (Å²) in [6, 6.07) is 15.8. The molecule has 4 rings (SSSR count). The lowest BCUT2D eigenvalue weighted by atomic mass is 9.87. The average molecular weight is 555 g/mol. The molecular formula is C26H26N4O6S2. The van der Waals surface area contributed by atoms with Crippen molar-refractivity contribution in [2.24, 2.45) is 0 Å². The second kappa shape index (κ2) is 10.5. The highest BCUT2D eigenvalue weighted by Crippen LogP contribution is 2.31. The third kappa shape index (κ3) is 5.81. The van der Waals surface area contributed by atoms with E-state index >= 15 is 0 Å². The number of hydrogen-bond acceptors (Lipinski definition) is 9. The molecule has 3 aromatic carbocycles. The molecule has 1 unspecified atom stereocenters. The highest BCUT2D eigenvalue weighted by Gasteiger charge is 2.28. The molecule has 1 atom stereocenters. The first-order valence-electron chi connectivity index (χ1n) is 11.6. The summed E-state index contributed by atoms with van der Waals surface area (Å²) in [5.41, 5.74) is 2.69. The van der Waals surface area contributed by atoms with Crippen LogP contribution in [0.4, 0.5) is 5.69 Å². The van der Waals surface area contributed by atoms with Crippen LogP contribution in [-0.2, 0) is 26.7 Å². The molecule has 0 aliphatic carbocycles. The monoisotopic (exact) mass is 554 g/mol. The quantitative estimate of drug-likeness (QED) is 0.243. The number of nitrogens with one attached hydrogen (secondary N) is 1. The molecular weight excluding hydrogens is 528 g/mol. The Labute approximate surface area is 224 Å². The van der Waals surface area contributed by atoms with E-state index in [2.05, 4.69) is 13.5 Å². The third-order valence-electron chi connectivity index (χ3n) is 6.14. The lowest BCUT2D eigenvalue weighted by molar-refractivity contribution is -0.385. The van der Waals surface area contributed by atoms with Crippen molar-refractivity contribution in [1.29, 1.82) is 0 Å². The van der Waals surface area contributed by atoms with E-state index in [1.807, 2.05) is 20.8 Å². The van der Waals surface area contributed by atoms with E-state index < -0.39 is 26.8 Å². The number of benzene rings is 3. The van der Waals surface area contributed by atoms with Crippen LogP contribution in [0.3, 0.4) is 0 Å². The van der Waals surface area contributed by atoms with Gasteiger partial charge in [-0.05, 0) is 58.9 Å². The Morgan fingerprint density at radius 1 is 1.05 bits per heavy atom. The number of nitrogens with zero attached hydrogens (tertiary/aromatic N) is 3. The molecule has 0 fully saturated rings. The maximum Gasteiger partial charge on any atom is 0.311 e. The smallest absolute Gasteiger partial charge is 0.311 e. The summed E-state index contributed by atoms with van der Waals surface area (Å²) in [4.78, 5) is 24.4. The number of carbonyl (C=O) groups is 1. The van der Waals surface area contributed by atoms with Crippen molar-refractivity contribution in [3.63, 3.8) is 0 Å². The number of rotatable bonds is 8. The lowest BCUT2D eigenvalue weighted by Crippen LogP contribution is -2.35. The van der Waals surface area contributed by atoms with Crippen molar-refractivity contribution in [3.05, 3.63) is 87.5 Å². The largest absolute Gasteiger partial charge is 0.490 e. The Hall–Kier alpha value is -3.90. The predicted octanol–water partition coefficient (Wildman–Crippen LogP) is 4.74. The number of aromatic nitrogens is 2. The van der Waals surface area contributed by atoms with Crippen LogP contribution in [0.2, 0.25) is 0 Å². The molecule has 12 heteroatoms. The highest BCUT2D eigenvalue weighted by atomic mass is 32.2. The van der Waals surface area contributed by atoms with Gasteiger partial charge in [0.05, 0.1) is 34.6 Å². The van der Waals surface area contributed by atoms with Crippen molar-refractivity contribution in [1.82, 2.24) is 13.5 Å². The number of ether oxygens (including phenoxy) is 1. The normalized spacial score (nSPS) is 12.7. The minimum absolute atomic E-state index is 0.00176. The summed E-state index contributed by atoms with van der Waals surface area (Å²) in [7, 11) is -2.86. The Kier molecular flexibility index (Phi) is 7.47. The average Bonchev–Trinajstić information content (AvgIpc) is 3.34. The standard InChI is InChI=1S/C26H26N4O6S2/c1-26(2,3)18-7-9-19(10-8-18)38(34,35)29-25(31)20(17-6-11-21-22(15-17)28-37-27-21)13-16-5-12-24(36-4)23(14-16)30(32)33/h5-12,14-15,20H,13H2,1-4H3,(H,29,31). The van der Waals surface area contributed by atoms with Gasteiger partial charge in [0, 0.05) is 6.07 Å². The zero-order chi connectivity index (χ0) is 27.7. The first-order chi connectivity index (χ1) is 17.9. The molecule has 198 valence electrons. The molecule has 0 radical (unpaired) electrons. The van der Waals surface area contributed by atoms with Crippen molar-refractivity contribution >= 4 is 44.4 Å². The molecule has 1 N–H and O–H groups in total. The van der Waals surface area contributed by atoms with Crippen molar-refractivity contribution in [3.8, 4) is 5.75 Å². The lowest BCUT2D eigenvalue weighted by Gasteiger charge is -2.20. The fourth-order valence-corrected chi connectivity index (χ4v) is 5.55. The van der Waals surface area contributed by atoms with Crippen LogP contribution in [0, 0.1) is 10.1 Å². The molecule has 0 saturated carbocycles. The van der Waals surface area contributed by atoms with Gasteiger partial charge in [0.25, 0.3) is 10.0 Å². The van der Waals surface area contributed by atoms with E-state index in [4.69, 9.17) is 4.74 Å². The van der Waals surface area contributed by atoms with Gasteiger partial charge in [-0.25, -0.2) is 13.1 Å². The molecule has 0 aliphatic rings. The van der Waals surface area contributed by atoms with Crippen LogP contribution in [0.25, 0.3) is 11.0 Å². The number of hydrogen-bond donors (Lipinski definition) is 1. The van der Waals surface area contributed by atoms with E-state index in [0.717, 1.165) is 17.3 Å². The maximum absolute atomic E-state index is 13.5. The molecule has 0 bridgehead atoms. The zero-order valence-electron chi connectivity index (χ0n) is 21.2. The summed E-state index contributed by atoms with van der Waals surface area (Å²) in [6.45, 7) is 6.04. The van der Waals surface area contributed by atoms with Gasteiger partial charge >= 0.3 is 5.69 Å². The van der Waals surface area contributed by atoms with Gasteiger partial charge in [0.1, 0.15) is 11.0 Å². The summed E-state index contributed by atoms with van der Waals surface area (Å²) in [5, 5.41) is 11.5. The van der Waals surface area contributed by atoms with E-state index in [0.29, 0.717) is 22.2 Å². The summed E-state index contributed by atoms with van der Waals surface area (Å²) < 4.78 is 41.9. The first kappa shape index (κ1) is 27.1. The third-order valence-corrected chi connectivity index (χ3v) is 8.06. The Bertz CT molecular complexity index is 1610. The Morgan fingerprint density at radius 3 is 2.37 bits per heavy atom. The van der Waals surface area contributed by atoms with Gasteiger partial charge in [0.15, 0.2) is 5.75 Å². The molecule has 0 spiro atoms. The molecule has 1 amide bonds. The van der Waals surface area contributed by atoms with Crippen LogP contribution < -0.4 is 9.46 Å². The van der Waals surface area contributed by atoms with Crippen LogP contribution in [0.5, 0.6) is 5.75 Å². The fourth-order valence-electron chi connectivity index (χ4n) is 4.02. The second-order valence-corrected chi connectivity index (χ2v) is 12.0. The number of carbonyl (C=O) groups excluding carboxylic acids is 1. The molecule has 1 aromatic heterocycles. The molecule has 38 heavy (non-hydrogen) atoms. The van der Waals surface area contributed by atoms with Crippen LogP contribution >= 0.6 is 11.7 Å². The summed E-state index contributed by atoms with van der Waals surface area (Å²) in [6.07, 6.45) is -0.00176. The Morgan fingerprint density at radius 2 is 1.74 bits per heavy atom. The van der Waals surface area contributed by atoms with Gasteiger partial charge in [-0.15, -0.1) is 0 Å². The van der Waals surface area contributed by atoms with Crippen molar-refractivity contribution in [2.75, 3.05) is 7.11 Å². The van der Waals surface area contributed by atoms with Crippen molar-refractivity contribution < 1.29 is 22.9 Å².